The first-order valence-electron chi connectivity index (χ1n) is 5.34. The molecule has 2 rings (SSSR count). The van der Waals surface area contributed by atoms with E-state index in [4.69, 9.17) is 5.73 Å². The summed E-state index contributed by atoms with van der Waals surface area (Å²) >= 11 is 0. The molecule has 2 heterocycles. The predicted molar refractivity (Wildman–Crippen MR) is 62.9 cm³/mol. The van der Waals surface area contributed by atoms with Crippen LogP contribution in [-0.4, -0.2) is 14.8 Å². The van der Waals surface area contributed by atoms with E-state index in [0.717, 1.165) is 29.2 Å². The zero-order valence-electron chi connectivity index (χ0n) is 9.64. The number of hydrogen-bond donors (Lipinski definition) is 1. The summed E-state index contributed by atoms with van der Waals surface area (Å²) in [7, 11) is 0. The van der Waals surface area contributed by atoms with E-state index in [-0.39, 0.29) is 0 Å². The van der Waals surface area contributed by atoms with Gasteiger partial charge in [0.25, 0.3) is 0 Å². The van der Waals surface area contributed by atoms with Gasteiger partial charge in [0.2, 0.25) is 0 Å². The molecule has 0 radical (unpaired) electrons. The van der Waals surface area contributed by atoms with Crippen molar-refractivity contribution in [3.63, 3.8) is 0 Å². The Hall–Kier alpha value is -1.68. The van der Waals surface area contributed by atoms with E-state index in [2.05, 4.69) is 23.1 Å². The van der Waals surface area contributed by atoms with Crippen molar-refractivity contribution in [2.45, 2.75) is 26.9 Å². The van der Waals surface area contributed by atoms with Crippen molar-refractivity contribution in [2.24, 2.45) is 5.73 Å². The van der Waals surface area contributed by atoms with Gasteiger partial charge in [-0.25, -0.2) is 0 Å². The van der Waals surface area contributed by atoms with E-state index < -0.39 is 0 Å². The summed E-state index contributed by atoms with van der Waals surface area (Å²) in [5.41, 5.74) is 9.93. The minimum absolute atomic E-state index is 0.468. The second-order valence-electron chi connectivity index (χ2n) is 3.90. The van der Waals surface area contributed by atoms with Gasteiger partial charge in [0.15, 0.2) is 0 Å². The van der Waals surface area contributed by atoms with Gasteiger partial charge in [0, 0.05) is 18.4 Å². The lowest BCUT2D eigenvalue weighted by atomic mass is 10.2. The molecule has 0 aliphatic heterocycles. The first-order chi connectivity index (χ1) is 7.70. The van der Waals surface area contributed by atoms with Gasteiger partial charge < -0.3 is 5.73 Å². The van der Waals surface area contributed by atoms with E-state index in [1.54, 1.807) is 6.20 Å². The number of pyridine rings is 1. The number of aryl methyl sites for hydroxylation is 2. The second kappa shape index (κ2) is 4.45. The molecule has 0 spiro atoms. The SMILES string of the molecule is Cc1cc(C)n(Cc2cccnc2CN)n1. The summed E-state index contributed by atoms with van der Waals surface area (Å²) in [4.78, 5) is 4.26. The number of hydrogen-bond acceptors (Lipinski definition) is 3. The van der Waals surface area contributed by atoms with Crippen LogP contribution in [0.3, 0.4) is 0 Å². The standard InChI is InChI=1S/C12H16N4/c1-9-6-10(2)16(15-9)8-11-4-3-5-14-12(11)7-13/h3-6H,7-8,13H2,1-2H3. The third-order valence-corrected chi connectivity index (χ3v) is 2.60. The van der Waals surface area contributed by atoms with Crippen molar-refractivity contribution in [1.29, 1.82) is 0 Å². The Labute approximate surface area is 95.1 Å². The summed E-state index contributed by atoms with van der Waals surface area (Å²) in [6.07, 6.45) is 1.77. The highest BCUT2D eigenvalue weighted by Crippen LogP contribution is 2.09. The molecule has 16 heavy (non-hydrogen) atoms. The molecular formula is C12H16N4. The Bertz CT molecular complexity index is 488. The first-order valence-corrected chi connectivity index (χ1v) is 5.34. The highest BCUT2D eigenvalue weighted by molar-refractivity contribution is 5.21. The monoisotopic (exact) mass is 216 g/mol. The van der Waals surface area contributed by atoms with Crippen molar-refractivity contribution in [3.05, 3.63) is 47.0 Å². The molecule has 2 aromatic heterocycles. The molecule has 0 atom stereocenters. The predicted octanol–water partition coefficient (Wildman–Crippen LogP) is 1.40. The molecule has 0 fully saturated rings. The number of nitrogens with zero attached hydrogens (tertiary/aromatic N) is 3. The Balaban J connectivity index is 2.30. The molecule has 0 saturated heterocycles. The molecule has 0 unspecified atom stereocenters. The van der Waals surface area contributed by atoms with Crippen LogP contribution in [0.1, 0.15) is 22.6 Å². The van der Waals surface area contributed by atoms with Gasteiger partial charge in [0.05, 0.1) is 17.9 Å². The Morgan fingerprint density at radius 2 is 2.19 bits per heavy atom. The first kappa shape index (κ1) is 10.8. The molecule has 2 N–H and O–H groups in total. The molecule has 0 aliphatic rings. The largest absolute Gasteiger partial charge is 0.325 e. The molecule has 0 aromatic carbocycles. The van der Waals surface area contributed by atoms with Crippen LogP contribution >= 0.6 is 0 Å². The summed E-state index contributed by atoms with van der Waals surface area (Å²) in [5, 5.41) is 4.43. The van der Waals surface area contributed by atoms with E-state index in [9.17, 15) is 0 Å². The molecule has 4 heteroatoms. The van der Waals surface area contributed by atoms with Crippen molar-refractivity contribution < 1.29 is 0 Å². The van der Waals surface area contributed by atoms with Crippen LogP contribution in [0, 0.1) is 13.8 Å². The van der Waals surface area contributed by atoms with Crippen LogP contribution < -0.4 is 5.73 Å². The zero-order valence-corrected chi connectivity index (χ0v) is 9.64. The molecule has 0 aliphatic carbocycles. The van der Waals surface area contributed by atoms with Gasteiger partial charge in [-0.2, -0.15) is 5.10 Å². The fourth-order valence-electron chi connectivity index (χ4n) is 1.80. The second-order valence-corrected chi connectivity index (χ2v) is 3.90. The van der Waals surface area contributed by atoms with Crippen LogP contribution in [0.5, 0.6) is 0 Å². The number of rotatable bonds is 3. The number of nitrogens with two attached hydrogens (primary N) is 1. The maximum Gasteiger partial charge on any atom is 0.0680 e. The third kappa shape index (κ3) is 2.12. The molecular weight excluding hydrogens is 200 g/mol. The minimum Gasteiger partial charge on any atom is -0.325 e. The van der Waals surface area contributed by atoms with Crippen LogP contribution in [0.2, 0.25) is 0 Å². The van der Waals surface area contributed by atoms with Crippen molar-refractivity contribution in [3.8, 4) is 0 Å². The molecule has 0 amide bonds. The average Bonchev–Trinajstić information content (AvgIpc) is 2.58. The fourth-order valence-corrected chi connectivity index (χ4v) is 1.80. The van der Waals surface area contributed by atoms with E-state index >= 15 is 0 Å². The molecule has 0 bridgehead atoms. The smallest absolute Gasteiger partial charge is 0.0680 e. The van der Waals surface area contributed by atoms with Crippen LogP contribution in [0.4, 0.5) is 0 Å². The van der Waals surface area contributed by atoms with Crippen molar-refractivity contribution in [1.82, 2.24) is 14.8 Å². The van der Waals surface area contributed by atoms with Crippen LogP contribution in [0.15, 0.2) is 24.4 Å². The summed E-state index contributed by atoms with van der Waals surface area (Å²) in [6, 6.07) is 6.05. The van der Waals surface area contributed by atoms with Crippen molar-refractivity contribution >= 4 is 0 Å². The Morgan fingerprint density at radius 1 is 1.38 bits per heavy atom. The fraction of sp³-hybridized carbons (Fsp3) is 0.333. The Kier molecular flexibility index (Phi) is 3.01. The molecule has 4 nitrogen and oxygen atoms in total. The van der Waals surface area contributed by atoms with Crippen LogP contribution in [-0.2, 0) is 13.1 Å². The molecule has 84 valence electrons. The van der Waals surface area contributed by atoms with Crippen molar-refractivity contribution in [2.75, 3.05) is 0 Å². The molecule has 2 aromatic rings. The van der Waals surface area contributed by atoms with Gasteiger partial charge in [-0.1, -0.05) is 6.07 Å². The zero-order chi connectivity index (χ0) is 11.5. The third-order valence-electron chi connectivity index (χ3n) is 2.60. The van der Waals surface area contributed by atoms with Gasteiger partial charge in [-0.15, -0.1) is 0 Å². The lowest BCUT2D eigenvalue weighted by molar-refractivity contribution is 0.651. The maximum atomic E-state index is 5.66. The summed E-state index contributed by atoms with van der Waals surface area (Å²) < 4.78 is 1.98. The normalized spacial score (nSPS) is 10.7. The van der Waals surface area contributed by atoms with E-state index in [1.165, 1.54) is 0 Å². The lowest BCUT2D eigenvalue weighted by Crippen LogP contribution is -2.10. The topological polar surface area (TPSA) is 56.7 Å². The Morgan fingerprint density at radius 3 is 2.81 bits per heavy atom. The minimum atomic E-state index is 0.468. The van der Waals surface area contributed by atoms with Gasteiger partial charge >= 0.3 is 0 Å². The quantitative estimate of drug-likeness (QED) is 0.843. The lowest BCUT2D eigenvalue weighted by Gasteiger charge is -2.08. The maximum absolute atomic E-state index is 5.66. The summed E-state index contributed by atoms with van der Waals surface area (Å²) in [6.45, 7) is 5.25. The summed E-state index contributed by atoms with van der Waals surface area (Å²) in [5.74, 6) is 0. The van der Waals surface area contributed by atoms with Gasteiger partial charge in [0.1, 0.15) is 0 Å². The van der Waals surface area contributed by atoms with Gasteiger partial charge in [-0.3, -0.25) is 9.67 Å². The highest BCUT2D eigenvalue weighted by atomic mass is 15.3. The van der Waals surface area contributed by atoms with Gasteiger partial charge in [-0.05, 0) is 31.5 Å². The molecule has 0 saturated carbocycles. The van der Waals surface area contributed by atoms with Crippen LogP contribution in [0.25, 0.3) is 0 Å². The highest BCUT2D eigenvalue weighted by Gasteiger charge is 2.05. The average molecular weight is 216 g/mol. The van der Waals surface area contributed by atoms with E-state index in [0.29, 0.717) is 6.54 Å². The number of aromatic nitrogens is 3. The van der Waals surface area contributed by atoms with E-state index in [1.807, 2.05) is 23.7 Å².